The molecule has 0 aliphatic rings. The van der Waals surface area contributed by atoms with Crippen molar-refractivity contribution in [1.82, 2.24) is 9.38 Å². The highest BCUT2D eigenvalue weighted by Gasteiger charge is 2.09. The van der Waals surface area contributed by atoms with Crippen molar-refractivity contribution in [3.8, 4) is 0 Å². The SMILES string of the molecule is O=C(Nc1ccc(Cl)cc1)O/N=C/c1c(Cl)nc2sccn12. The van der Waals surface area contributed by atoms with Crippen molar-refractivity contribution in [1.29, 1.82) is 0 Å². The van der Waals surface area contributed by atoms with Crippen LogP contribution in [0.25, 0.3) is 4.96 Å². The van der Waals surface area contributed by atoms with Gasteiger partial charge in [0.1, 0.15) is 5.69 Å². The molecule has 0 atom stereocenters. The predicted molar refractivity (Wildman–Crippen MR) is 87.2 cm³/mol. The lowest BCUT2D eigenvalue weighted by Gasteiger charge is -2.02. The molecule has 0 radical (unpaired) electrons. The van der Waals surface area contributed by atoms with Crippen molar-refractivity contribution in [3.63, 3.8) is 0 Å². The fourth-order valence-corrected chi connectivity index (χ4v) is 2.81. The maximum absolute atomic E-state index is 11.6. The van der Waals surface area contributed by atoms with Crippen LogP contribution in [0.2, 0.25) is 10.2 Å². The molecule has 6 nitrogen and oxygen atoms in total. The third kappa shape index (κ3) is 3.22. The summed E-state index contributed by atoms with van der Waals surface area (Å²) in [6.07, 6.45) is 2.41. The molecule has 22 heavy (non-hydrogen) atoms. The number of aromatic nitrogens is 2. The monoisotopic (exact) mass is 354 g/mol. The molecule has 0 saturated carbocycles. The summed E-state index contributed by atoms with van der Waals surface area (Å²) in [5.74, 6) is 0. The summed E-state index contributed by atoms with van der Waals surface area (Å²) in [6, 6.07) is 6.60. The van der Waals surface area contributed by atoms with E-state index in [0.29, 0.717) is 16.4 Å². The average Bonchev–Trinajstić information content (AvgIpc) is 3.04. The summed E-state index contributed by atoms with van der Waals surface area (Å²) >= 11 is 13.2. The molecule has 3 rings (SSSR count). The van der Waals surface area contributed by atoms with Gasteiger partial charge in [-0.2, -0.15) is 0 Å². The maximum Gasteiger partial charge on any atom is 0.437 e. The highest BCUT2D eigenvalue weighted by Crippen LogP contribution is 2.19. The summed E-state index contributed by atoms with van der Waals surface area (Å²) in [7, 11) is 0. The van der Waals surface area contributed by atoms with Crippen LogP contribution in [-0.4, -0.2) is 21.7 Å². The first-order valence-corrected chi connectivity index (χ1v) is 7.65. The molecule has 0 unspecified atom stereocenters. The topological polar surface area (TPSA) is 68.0 Å². The van der Waals surface area contributed by atoms with Gasteiger partial charge < -0.3 is 0 Å². The zero-order valence-corrected chi connectivity index (χ0v) is 13.2. The van der Waals surface area contributed by atoms with E-state index in [9.17, 15) is 4.79 Å². The number of oxime groups is 1. The number of amides is 1. The van der Waals surface area contributed by atoms with Crippen molar-refractivity contribution in [2.75, 3.05) is 5.32 Å². The molecule has 2 heterocycles. The Labute approximate surface area is 138 Å². The molecule has 1 amide bonds. The number of anilines is 1. The van der Waals surface area contributed by atoms with Gasteiger partial charge in [0.05, 0.1) is 6.21 Å². The Hall–Kier alpha value is -2.09. The van der Waals surface area contributed by atoms with Gasteiger partial charge in [-0.15, -0.1) is 11.3 Å². The van der Waals surface area contributed by atoms with Crippen LogP contribution in [0.4, 0.5) is 10.5 Å². The van der Waals surface area contributed by atoms with Crippen molar-refractivity contribution < 1.29 is 9.63 Å². The van der Waals surface area contributed by atoms with Crippen LogP contribution < -0.4 is 5.32 Å². The molecule has 0 spiro atoms. The van der Waals surface area contributed by atoms with Gasteiger partial charge in [0.2, 0.25) is 0 Å². The number of imidazole rings is 1. The second-order valence-corrected chi connectivity index (χ2v) is 5.76. The summed E-state index contributed by atoms with van der Waals surface area (Å²) in [5.41, 5.74) is 1.09. The van der Waals surface area contributed by atoms with Gasteiger partial charge in [-0.1, -0.05) is 28.4 Å². The first-order valence-electron chi connectivity index (χ1n) is 6.01. The molecule has 0 aliphatic heterocycles. The second kappa shape index (κ2) is 6.35. The van der Waals surface area contributed by atoms with Crippen molar-refractivity contribution in [2.24, 2.45) is 5.16 Å². The number of carbonyl (C=O) groups is 1. The molecule has 0 aliphatic carbocycles. The first kappa shape index (κ1) is 14.8. The highest BCUT2D eigenvalue weighted by atomic mass is 35.5. The van der Waals surface area contributed by atoms with Gasteiger partial charge in [0.25, 0.3) is 0 Å². The fraction of sp³-hybridized carbons (Fsp3) is 0. The lowest BCUT2D eigenvalue weighted by molar-refractivity contribution is 0.167. The number of nitrogens with zero attached hydrogens (tertiary/aromatic N) is 3. The summed E-state index contributed by atoms with van der Waals surface area (Å²) in [5, 5.41) is 8.85. The van der Waals surface area contributed by atoms with Crippen LogP contribution in [0, 0.1) is 0 Å². The number of benzene rings is 1. The highest BCUT2D eigenvalue weighted by molar-refractivity contribution is 7.15. The quantitative estimate of drug-likeness (QED) is 0.433. The lowest BCUT2D eigenvalue weighted by Crippen LogP contribution is -2.10. The van der Waals surface area contributed by atoms with Gasteiger partial charge in [-0.3, -0.25) is 14.6 Å². The van der Waals surface area contributed by atoms with Crippen molar-refractivity contribution in [2.45, 2.75) is 0 Å². The number of halogens is 2. The Morgan fingerprint density at radius 1 is 1.36 bits per heavy atom. The van der Waals surface area contributed by atoms with Crippen LogP contribution in [0.15, 0.2) is 41.0 Å². The minimum Gasteiger partial charge on any atom is -0.298 e. The Kier molecular flexibility index (Phi) is 4.28. The van der Waals surface area contributed by atoms with Crippen LogP contribution >= 0.6 is 34.5 Å². The Morgan fingerprint density at radius 3 is 2.91 bits per heavy atom. The third-order valence-electron chi connectivity index (χ3n) is 2.66. The number of rotatable bonds is 3. The Balaban J connectivity index is 1.64. The van der Waals surface area contributed by atoms with E-state index in [-0.39, 0.29) is 5.15 Å². The first-order chi connectivity index (χ1) is 10.6. The van der Waals surface area contributed by atoms with Gasteiger partial charge in [0, 0.05) is 22.3 Å². The van der Waals surface area contributed by atoms with Crippen LogP contribution in [-0.2, 0) is 4.84 Å². The summed E-state index contributed by atoms with van der Waals surface area (Å²) in [6.45, 7) is 0. The predicted octanol–water partition coefficient (Wildman–Crippen LogP) is 4.29. The smallest absolute Gasteiger partial charge is 0.298 e. The molecule has 1 N–H and O–H groups in total. The second-order valence-electron chi connectivity index (χ2n) is 4.09. The van der Waals surface area contributed by atoms with Gasteiger partial charge in [-0.05, 0) is 24.3 Å². The van der Waals surface area contributed by atoms with Crippen molar-refractivity contribution >= 4 is 57.5 Å². The minimum absolute atomic E-state index is 0.289. The van der Waals surface area contributed by atoms with E-state index in [0.717, 1.165) is 4.96 Å². The van der Waals surface area contributed by atoms with Gasteiger partial charge >= 0.3 is 6.09 Å². The number of nitrogens with one attached hydrogen (secondary N) is 1. The minimum atomic E-state index is -0.722. The molecular formula is C13H8Cl2N4O2S. The van der Waals surface area contributed by atoms with Gasteiger partial charge in [0.15, 0.2) is 10.1 Å². The van der Waals surface area contributed by atoms with E-state index in [1.54, 1.807) is 34.9 Å². The van der Waals surface area contributed by atoms with E-state index in [2.05, 4.69) is 15.5 Å². The molecular weight excluding hydrogens is 347 g/mol. The molecule has 1 aromatic carbocycles. The third-order valence-corrected chi connectivity index (χ3v) is 3.94. The number of thiazole rings is 1. The molecule has 0 fully saturated rings. The van der Waals surface area contributed by atoms with Crippen LogP contribution in [0.1, 0.15) is 5.69 Å². The van der Waals surface area contributed by atoms with Gasteiger partial charge in [-0.25, -0.2) is 9.78 Å². The largest absolute Gasteiger partial charge is 0.437 e. The van der Waals surface area contributed by atoms with E-state index in [1.165, 1.54) is 17.6 Å². The summed E-state index contributed by atoms with van der Waals surface area (Å²) in [4.78, 5) is 21.2. The molecule has 9 heteroatoms. The lowest BCUT2D eigenvalue weighted by atomic mass is 10.3. The fourth-order valence-electron chi connectivity index (χ4n) is 1.69. The van der Waals surface area contributed by atoms with E-state index in [1.807, 2.05) is 5.38 Å². The Morgan fingerprint density at radius 2 is 2.14 bits per heavy atom. The number of hydrogen-bond donors (Lipinski definition) is 1. The zero-order chi connectivity index (χ0) is 15.5. The molecule has 0 saturated heterocycles. The number of carbonyl (C=O) groups excluding carboxylic acids is 1. The van der Waals surface area contributed by atoms with Crippen LogP contribution in [0.5, 0.6) is 0 Å². The molecule has 2 aromatic heterocycles. The van der Waals surface area contributed by atoms with E-state index in [4.69, 9.17) is 28.0 Å². The Bertz CT molecular complexity index is 841. The number of fused-ring (bicyclic) bond motifs is 1. The van der Waals surface area contributed by atoms with Crippen LogP contribution in [0.3, 0.4) is 0 Å². The molecule has 0 bridgehead atoms. The standard InChI is InChI=1S/C13H8Cl2N4O2S/c14-8-1-3-9(4-2-8)17-13(20)21-16-7-10-11(15)18-12-19(10)5-6-22-12/h1-7H,(H,17,20)/b16-7+. The molecule has 112 valence electrons. The van der Waals surface area contributed by atoms with E-state index < -0.39 is 6.09 Å². The molecule has 3 aromatic rings. The summed E-state index contributed by atoms with van der Waals surface area (Å²) < 4.78 is 1.75. The average molecular weight is 355 g/mol. The van der Waals surface area contributed by atoms with E-state index >= 15 is 0 Å². The normalized spacial score (nSPS) is 11.2. The maximum atomic E-state index is 11.6. The number of hydrogen-bond acceptors (Lipinski definition) is 5. The van der Waals surface area contributed by atoms with Crippen molar-refractivity contribution in [3.05, 3.63) is 51.7 Å². The zero-order valence-electron chi connectivity index (χ0n) is 10.9.